The highest BCUT2D eigenvalue weighted by molar-refractivity contribution is 6.36. The third kappa shape index (κ3) is 3.29. The molecule has 1 unspecified atom stereocenters. The molecular formula is C15H13Cl2F2N. The van der Waals surface area contributed by atoms with Gasteiger partial charge in [-0.25, -0.2) is 8.78 Å². The molecule has 0 aliphatic carbocycles. The van der Waals surface area contributed by atoms with Gasteiger partial charge in [-0.3, -0.25) is 0 Å². The van der Waals surface area contributed by atoms with Gasteiger partial charge in [0.1, 0.15) is 11.6 Å². The standard InChI is InChI=1S/C15H13Cl2F2N/c1-2-20-15(9-6-10(18)8-11(19)7-9)14-12(16)4-3-5-13(14)17/h3-8,15,20H,2H2,1H3. The first-order chi connectivity index (χ1) is 9.52. The quantitative estimate of drug-likeness (QED) is 0.840. The van der Waals surface area contributed by atoms with Crippen molar-refractivity contribution in [1.82, 2.24) is 5.32 Å². The highest BCUT2D eigenvalue weighted by atomic mass is 35.5. The molecule has 0 fully saturated rings. The fourth-order valence-corrected chi connectivity index (χ4v) is 2.73. The Morgan fingerprint density at radius 1 is 1.05 bits per heavy atom. The first-order valence-corrected chi connectivity index (χ1v) is 6.91. The Morgan fingerprint density at radius 3 is 2.10 bits per heavy atom. The van der Waals surface area contributed by atoms with Gasteiger partial charge in [0.2, 0.25) is 0 Å². The molecule has 5 heteroatoms. The Kier molecular flexibility index (Phi) is 4.97. The molecule has 2 aromatic carbocycles. The van der Waals surface area contributed by atoms with E-state index in [0.717, 1.165) is 6.07 Å². The highest BCUT2D eigenvalue weighted by Gasteiger charge is 2.20. The Balaban J connectivity index is 2.56. The van der Waals surface area contributed by atoms with Crippen molar-refractivity contribution in [3.05, 3.63) is 69.2 Å². The van der Waals surface area contributed by atoms with Gasteiger partial charge < -0.3 is 5.32 Å². The molecule has 0 aliphatic rings. The van der Waals surface area contributed by atoms with E-state index >= 15 is 0 Å². The summed E-state index contributed by atoms with van der Waals surface area (Å²) >= 11 is 12.4. The van der Waals surface area contributed by atoms with Crippen LogP contribution in [0.4, 0.5) is 8.78 Å². The van der Waals surface area contributed by atoms with Crippen molar-refractivity contribution in [1.29, 1.82) is 0 Å². The van der Waals surface area contributed by atoms with Crippen molar-refractivity contribution < 1.29 is 8.78 Å². The van der Waals surface area contributed by atoms with Crippen LogP contribution in [-0.4, -0.2) is 6.54 Å². The molecular weight excluding hydrogens is 303 g/mol. The van der Waals surface area contributed by atoms with Crippen LogP contribution < -0.4 is 5.32 Å². The Bertz CT molecular complexity index is 576. The number of benzene rings is 2. The fraction of sp³-hybridized carbons (Fsp3) is 0.200. The average molecular weight is 316 g/mol. The van der Waals surface area contributed by atoms with Crippen LogP contribution in [0.3, 0.4) is 0 Å². The molecule has 0 spiro atoms. The predicted molar refractivity (Wildman–Crippen MR) is 78.3 cm³/mol. The molecule has 0 bridgehead atoms. The zero-order valence-corrected chi connectivity index (χ0v) is 12.3. The van der Waals surface area contributed by atoms with Crippen molar-refractivity contribution >= 4 is 23.2 Å². The van der Waals surface area contributed by atoms with Crippen LogP contribution in [-0.2, 0) is 0 Å². The summed E-state index contributed by atoms with van der Waals surface area (Å²) in [5, 5.41) is 4.05. The molecule has 1 nitrogen and oxygen atoms in total. The maximum Gasteiger partial charge on any atom is 0.126 e. The third-order valence-corrected chi connectivity index (χ3v) is 3.57. The lowest BCUT2D eigenvalue weighted by atomic mass is 9.98. The lowest BCUT2D eigenvalue weighted by Gasteiger charge is -2.21. The van der Waals surface area contributed by atoms with Crippen LogP contribution in [0, 0.1) is 11.6 Å². The second-order valence-corrected chi connectivity index (χ2v) is 5.14. The zero-order valence-electron chi connectivity index (χ0n) is 10.8. The number of hydrogen-bond donors (Lipinski definition) is 1. The summed E-state index contributed by atoms with van der Waals surface area (Å²) in [4.78, 5) is 0. The van der Waals surface area contributed by atoms with Crippen molar-refractivity contribution in [2.24, 2.45) is 0 Å². The SMILES string of the molecule is CCNC(c1cc(F)cc(F)c1)c1c(Cl)cccc1Cl. The van der Waals surface area contributed by atoms with Crippen LogP contribution in [0.15, 0.2) is 36.4 Å². The zero-order chi connectivity index (χ0) is 14.7. The summed E-state index contributed by atoms with van der Waals surface area (Å²) in [6.07, 6.45) is 0. The summed E-state index contributed by atoms with van der Waals surface area (Å²) in [5.74, 6) is -1.27. The number of nitrogens with one attached hydrogen (secondary N) is 1. The Labute approximate surface area is 126 Å². The van der Waals surface area contributed by atoms with E-state index in [0.29, 0.717) is 27.7 Å². The van der Waals surface area contributed by atoms with Gasteiger partial charge in [-0.05, 0) is 36.4 Å². The molecule has 0 aliphatic heterocycles. The number of rotatable bonds is 4. The van der Waals surface area contributed by atoms with Crippen molar-refractivity contribution in [2.45, 2.75) is 13.0 Å². The molecule has 1 atom stereocenters. The van der Waals surface area contributed by atoms with Crippen LogP contribution in [0.25, 0.3) is 0 Å². The molecule has 106 valence electrons. The van der Waals surface area contributed by atoms with Gasteiger partial charge >= 0.3 is 0 Å². The van der Waals surface area contributed by atoms with Gasteiger partial charge in [-0.2, -0.15) is 0 Å². The first-order valence-electron chi connectivity index (χ1n) is 6.16. The van der Waals surface area contributed by atoms with Crippen LogP contribution in [0.5, 0.6) is 0 Å². The minimum Gasteiger partial charge on any atom is -0.306 e. The van der Waals surface area contributed by atoms with E-state index in [1.165, 1.54) is 12.1 Å². The maximum absolute atomic E-state index is 13.4. The number of hydrogen-bond acceptors (Lipinski definition) is 1. The first kappa shape index (κ1) is 15.2. The van der Waals surface area contributed by atoms with Gasteiger partial charge in [0.15, 0.2) is 0 Å². The molecule has 0 amide bonds. The maximum atomic E-state index is 13.4. The minimum atomic E-state index is -0.633. The summed E-state index contributed by atoms with van der Waals surface area (Å²) in [7, 11) is 0. The largest absolute Gasteiger partial charge is 0.306 e. The van der Waals surface area contributed by atoms with Crippen LogP contribution in [0.1, 0.15) is 24.1 Å². The molecule has 1 N–H and O–H groups in total. The summed E-state index contributed by atoms with van der Waals surface area (Å²) in [6.45, 7) is 2.50. The molecule has 2 aromatic rings. The van der Waals surface area contributed by atoms with Gasteiger partial charge in [0.25, 0.3) is 0 Å². The van der Waals surface area contributed by atoms with Gasteiger partial charge in [-0.1, -0.05) is 36.2 Å². The summed E-state index contributed by atoms with van der Waals surface area (Å²) in [6, 6.07) is 8.04. The summed E-state index contributed by atoms with van der Waals surface area (Å²) in [5.41, 5.74) is 1.06. The molecule has 20 heavy (non-hydrogen) atoms. The molecule has 0 saturated heterocycles. The van der Waals surface area contributed by atoms with Gasteiger partial charge in [0.05, 0.1) is 6.04 Å². The van der Waals surface area contributed by atoms with Gasteiger partial charge in [-0.15, -0.1) is 0 Å². The summed E-state index contributed by atoms with van der Waals surface area (Å²) < 4.78 is 26.8. The molecule has 2 rings (SSSR count). The van der Waals surface area contributed by atoms with Crippen molar-refractivity contribution in [3.63, 3.8) is 0 Å². The van der Waals surface area contributed by atoms with E-state index in [1.807, 2.05) is 6.92 Å². The topological polar surface area (TPSA) is 12.0 Å². The monoisotopic (exact) mass is 315 g/mol. The van der Waals surface area contributed by atoms with Crippen molar-refractivity contribution in [3.8, 4) is 0 Å². The van der Waals surface area contributed by atoms with E-state index in [2.05, 4.69) is 5.32 Å². The van der Waals surface area contributed by atoms with Gasteiger partial charge in [0, 0.05) is 21.7 Å². The van der Waals surface area contributed by atoms with Crippen molar-refractivity contribution in [2.75, 3.05) is 6.54 Å². The second kappa shape index (κ2) is 6.53. The third-order valence-electron chi connectivity index (χ3n) is 2.91. The van der Waals surface area contributed by atoms with E-state index in [1.54, 1.807) is 18.2 Å². The normalized spacial score (nSPS) is 12.4. The average Bonchev–Trinajstić information content (AvgIpc) is 2.36. The fourth-order valence-electron chi connectivity index (χ4n) is 2.12. The van der Waals surface area contributed by atoms with Crippen LogP contribution >= 0.6 is 23.2 Å². The molecule has 0 heterocycles. The molecule has 0 aromatic heterocycles. The van der Waals surface area contributed by atoms with E-state index in [9.17, 15) is 8.78 Å². The predicted octanol–water partition coefficient (Wildman–Crippen LogP) is 4.97. The van der Waals surface area contributed by atoms with Crippen LogP contribution in [0.2, 0.25) is 10.0 Å². The van der Waals surface area contributed by atoms with E-state index in [-0.39, 0.29) is 0 Å². The smallest absolute Gasteiger partial charge is 0.126 e. The lowest BCUT2D eigenvalue weighted by Crippen LogP contribution is -2.23. The lowest BCUT2D eigenvalue weighted by molar-refractivity contribution is 0.565. The molecule has 0 radical (unpaired) electrons. The highest BCUT2D eigenvalue weighted by Crippen LogP contribution is 2.34. The van der Waals surface area contributed by atoms with E-state index in [4.69, 9.17) is 23.2 Å². The number of halogens is 4. The molecule has 0 saturated carbocycles. The second-order valence-electron chi connectivity index (χ2n) is 4.33. The Morgan fingerprint density at radius 2 is 1.60 bits per heavy atom. The van der Waals surface area contributed by atoms with E-state index < -0.39 is 17.7 Å². The minimum absolute atomic E-state index is 0.444. The Hall–Kier alpha value is -1.16.